The molecule has 3 unspecified atom stereocenters. The third-order valence-corrected chi connectivity index (χ3v) is 3.89. The molecule has 0 aromatic carbocycles. The molecule has 0 saturated heterocycles. The van der Waals surface area contributed by atoms with Crippen LogP contribution in [0, 0.1) is 11.8 Å². The largest absolute Gasteiger partial charge is 0.395 e. The Morgan fingerprint density at radius 2 is 1.88 bits per heavy atom. The Labute approximate surface area is 100 Å². The van der Waals surface area contributed by atoms with E-state index in [4.69, 9.17) is 5.73 Å². The van der Waals surface area contributed by atoms with Gasteiger partial charge in [0.2, 0.25) is 0 Å². The van der Waals surface area contributed by atoms with E-state index in [1.807, 2.05) is 0 Å². The summed E-state index contributed by atoms with van der Waals surface area (Å²) >= 11 is 0. The standard InChI is InChI=1S/C13H28N2O/c1-9(2)7-12(14)13(8-16)15(4)10(3)11-5-6-11/h9-13,16H,5-8,14H2,1-4H3. The number of nitrogens with zero attached hydrogens (tertiary/aromatic N) is 1. The molecular formula is C13H28N2O. The van der Waals surface area contributed by atoms with Crippen molar-refractivity contribution in [2.45, 2.75) is 58.2 Å². The predicted octanol–water partition coefficient (Wildman–Crippen LogP) is 1.45. The maximum atomic E-state index is 9.51. The third-order valence-electron chi connectivity index (χ3n) is 3.89. The van der Waals surface area contributed by atoms with E-state index in [1.165, 1.54) is 12.8 Å². The molecule has 96 valence electrons. The van der Waals surface area contributed by atoms with Gasteiger partial charge in [0.15, 0.2) is 0 Å². The molecule has 16 heavy (non-hydrogen) atoms. The Bertz CT molecular complexity index is 204. The molecule has 1 aliphatic rings. The van der Waals surface area contributed by atoms with Gasteiger partial charge in [-0.3, -0.25) is 4.90 Å². The smallest absolute Gasteiger partial charge is 0.0601 e. The highest BCUT2D eigenvalue weighted by Crippen LogP contribution is 2.35. The van der Waals surface area contributed by atoms with E-state index >= 15 is 0 Å². The average molecular weight is 228 g/mol. The SMILES string of the molecule is CC(C)CC(N)C(CO)N(C)C(C)C1CC1. The van der Waals surface area contributed by atoms with Crippen molar-refractivity contribution in [1.82, 2.24) is 4.90 Å². The van der Waals surface area contributed by atoms with E-state index in [2.05, 4.69) is 32.7 Å². The maximum absolute atomic E-state index is 9.51. The Morgan fingerprint density at radius 3 is 2.25 bits per heavy atom. The summed E-state index contributed by atoms with van der Waals surface area (Å²) in [5.74, 6) is 1.42. The number of hydrogen-bond donors (Lipinski definition) is 2. The van der Waals surface area contributed by atoms with E-state index in [0.29, 0.717) is 12.0 Å². The molecule has 3 atom stereocenters. The predicted molar refractivity (Wildman–Crippen MR) is 68.3 cm³/mol. The van der Waals surface area contributed by atoms with Gasteiger partial charge in [-0.05, 0) is 45.1 Å². The maximum Gasteiger partial charge on any atom is 0.0601 e. The molecule has 0 heterocycles. The van der Waals surface area contributed by atoms with Crippen molar-refractivity contribution in [3.8, 4) is 0 Å². The lowest BCUT2D eigenvalue weighted by Crippen LogP contribution is -2.52. The zero-order chi connectivity index (χ0) is 12.3. The lowest BCUT2D eigenvalue weighted by atomic mass is 9.96. The second-order valence-electron chi connectivity index (χ2n) is 5.79. The van der Waals surface area contributed by atoms with Crippen LogP contribution in [0.5, 0.6) is 0 Å². The van der Waals surface area contributed by atoms with Gasteiger partial charge in [-0.1, -0.05) is 13.8 Å². The molecule has 1 rings (SSSR count). The highest BCUT2D eigenvalue weighted by atomic mass is 16.3. The van der Waals surface area contributed by atoms with Gasteiger partial charge >= 0.3 is 0 Å². The molecule has 0 bridgehead atoms. The lowest BCUT2D eigenvalue weighted by Gasteiger charge is -2.36. The van der Waals surface area contributed by atoms with Gasteiger partial charge in [-0.25, -0.2) is 0 Å². The van der Waals surface area contributed by atoms with Gasteiger partial charge in [0, 0.05) is 18.1 Å². The molecule has 0 spiro atoms. The zero-order valence-corrected chi connectivity index (χ0v) is 11.2. The first-order valence-electron chi connectivity index (χ1n) is 6.55. The van der Waals surface area contributed by atoms with Crippen molar-refractivity contribution >= 4 is 0 Å². The first kappa shape index (κ1) is 13.9. The van der Waals surface area contributed by atoms with Gasteiger partial charge in [0.05, 0.1) is 6.61 Å². The minimum absolute atomic E-state index is 0.0798. The van der Waals surface area contributed by atoms with Gasteiger partial charge in [-0.2, -0.15) is 0 Å². The van der Waals surface area contributed by atoms with Gasteiger partial charge in [0.1, 0.15) is 0 Å². The highest BCUT2D eigenvalue weighted by Gasteiger charge is 2.34. The quantitative estimate of drug-likeness (QED) is 0.693. The molecule has 1 fully saturated rings. The minimum atomic E-state index is 0.0798. The molecule has 0 aliphatic heterocycles. The Balaban J connectivity index is 2.50. The summed E-state index contributed by atoms with van der Waals surface area (Å²) < 4.78 is 0. The normalized spacial score (nSPS) is 22.5. The number of rotatable bonds is 7. The zero-order valence-electron chi connectivity index (χ0n) is 11.2. The fourth-order valence-corrected chi connectivity index (χ4v) is 2.48. The molecular weight excluding hydrogens is 200 g/mol. The van der Waals surface area contributed by atoms with Crippen molar-refractivity contribution in [3.63, 3.8) is 0 Å². The topological polar surface area (TPSA) is 49.5 Å². The second-order valence-corrected chi connectivity index (χ2v) is 5.79. The molecule has 0 radical (unpaired) electrons. The van der Waals surface area contributed by atoms with Crippen LogP contribution in [0.3, 0.4) is 0 Å². The molecule has 1 aliphatic carbocycles. The van der Waals surface area contributed by atoms with Crippen LogP contribution < -0.4 is 5.73 Å². The number of aliphatic hydroxyl groups is 1. The van der Waals surface area contributed by atoms with E-state index in [9.17, 15) is 5.11 Å². The van der Waals surface area contributed by atoms with Gasteiger partial charge in [0.25, 0.3) is 0 Å². The molecule has 3 heteroatoms. The molecule has 0 aromatic heterocycles. The number of nitrogens with two attached hydrogens (primary N) is 1. The van der Waals surface area contributed by atoms with E-state index in [1.54, 1.807) is 0 Å². The molecule has 3 N–H and O–H groups in total. The average Bonchev–Trinajstić information content (AvgIpc) is 2.99. The molecule has 0 amide bonds. The summed E-state index contributed by atoms with van der Waals surface area (Å²) in [5.41, 5.74) is 6.19. The van der Waals surface area contributed by atoms with Gasteiger partial charge < -0.3 is 10.8 Å². The number of hydrogen-bond acceptors (Lipinski definition) is 3. The summed E-state index contributed by atoms with van der Waals surface area (Å²) in [5, 5.41) is 9.51. The lowest BCUT2D eigenvalue weighted by molar-refractivity contribution is 0.0834. The fraction of sp³-hybridized carbons (Fsp3) is 1.00. The van der Waals surface area contributed by atoms with E-state index < -0.39 is 0 Å². The Kier molecular flexibility index (Phi) is 5.22. The van der Waals surface area contributed by atoms with Crippen LogP contribution in [0.4, 0.5) is 0 Å². The summed E-state index contributed by atoms with van der Waals surface area (Å²) in [6, 6.07) is 0.740. The minimum Gasteiger partial charge on any atom is -0.395 e. The second kappa shape index (κ2) is 5.99. The van der Waals surface area contributed by atoms with Crippen LogP contribution in [-0.4, -0.2) is 41.8 Å². The number of likely N-dealkylation sites (N-methyl/N-ethyl adjacent to an activating group) is 1. The van der Waals surface area contributed by atoms with Crippen LogP contribution in [0.25, 0.3) is 0 Å². The van der Waals surface area contributed by atoms with Crippen LogP contribution in [-0.2, 0) is 0 Å². The number of aliphatic hydroxyl groups excluding tert-OH is 1. The summed E-state index contributed by atoms with van der Waals surface area (Å²) in [7, 11) is 2.10. The summed E-state index contributed by atoms with van der Waals surface area (Å²) in [4.78, 5) is 2.28. The van der Waals surface area contributed by atoms with Crippen molar-refractivity contribution < 1.29 is 5.11 Å². The Morgan fingerprint density at radius 1 is 1.31 bits per heavy atom. The van der Waals surface area contributed by atoms with Crippen LogP contribution >= 0.6 is 0 Å². The van der Waals surface area contributed by atoms with Crippen molar-refractivity contribution in [2.24, 2.45) is 17.6 Å². The Hall–Kier alpha value is -0.120. The highest BCUT2D eigenvalue weighted by molar-refractivity contribution is 4.90. The molecule has 1 saturated carbocycles. The molecule has 3 nitrogen and oxygen atoms in total. The monoisotopic (exact) mass is 228 g/mol. The van der Waals surface area contributed by atoms with Crippen molar-refractivity contribution in [3.05, 3.63) is 0 Å². The van der Waals surface area contributed by atoms with Crippen molar-refractivity contribution in [1.29, 1.82) is 0 Å². The summed E-state index contributed by atoms with van der Waals surface area (Å²) in [6.07, 6.45) is 3.65. The van der Waals surface area contributed by atoms with Crippen LogP contribution in [0.2, 0.25) is 0 Å². The van der Waals surface area contributed by atoms with Crippen LogP contribution in [0.15, 0.2) is 0 Å². The van der Waals surface area contributed by atoms with Crippen molar-refractivity contribution in [2.75, 3.05) is 13.7 Å². The third kappa shape index (κ3) is 3.72. The van der Waals surface area contributed by atoms with E-state index in [-0.39, 0.29) is 18.7 Å². The first-order valence-corrected chi connectivity index (χ1v) is 6.55. The van der Waals surface area contributed by atoms with E-state index in [0.717, 1.165) is 12.3 Å². The summed E-state index contributed by atoms with van der Waals surface area (Å²) in [6.45, 7) is 6.78. The van der Waals surface area contributed by atoms with Crippen LogP contribution in [0.1, 0.15) is 40.0 Å². The fourth-order valence-electron chi connectivity index (χ4n) is 2.48. The first-order chi connectivity index (χ1) is 7.47. The van der Waals surface area contributed by atoms with Gasteiger partial charge in [-0.15, -0.1) is 0 Å². The molecule has 0 aromatic rings.